The number of phosphoric acid groups is 1. The van der Waals surface area contributed by atoms with E-state index in [1.807, 2.05) is 33.3 Å². The molecule has 0 spiro atoms. The van der Waals surface area contributed by atoms with Gasteiger partial charge in [0.2, 0.25) is 0 Å². The lowest BCUT2D eigenvalue weighted by Gasteiger charge is -2.24. The average Bonchev–Trinajstić information content (AvgIpc) is 3.21. The molecule has 0 aliphatic rings. The maximum atomic E-state index is 12.7. The molecule has 0 saturated carbocycles. The maximum absolute atomic E-state index is 12.7. The summed E-state index contributed by atoms with van der Waals surface area (Å²) in [5, 5.41) is 0. The van der Waals surface area contributed by atoms with E-state index in [0.29, 0.717) is 23.9 Å². The van der Waals surface area contributed by atoms with Crippen LogP contribution in [0.2, 0.25) is 0 Å². The van der Waals surface area contributed by atoms with Crippen molar-refractivity contribution in [2.24, 2.45) is 0 Å². The number of quaternary nitrogens is 1. The van der Waals surface area contributed by atoms with E-state index in [-0.39, 0.29) is 38.3 Å². The molecule has 0 aliphatic carbocycles. The number of carbonyl (C=O) groups is 3. The number of nitrogens with zero attached hydrogens (tertiary/aromatic N) is 1. The van der Waals surface area contributed by atoms with Crippen LogP contribution in [0.25, 0.3) is 0 Å². The Balaban J connectivity index is 4.48. The SMILES string of the molecule is CCCCC/C=C\C/C=C\C/C=C\C=C\C(=O)CCCC(=O)OC[C@H](COP(=O)(O)OCC[N+](C)(C)C)OC(=O)CCCCCCCCCCC/C=C\CCCCCCCC. The number of likely N-dealkylation sites (N-methyl/N-ethyl adjacent to an activating group) is 1. The Morgan fingerprint density at radius 3 is 1.66 bits per heavy atom. The van der Waals surface area contributed by atoms with Crippen LogP contribution in [-0.2, 0) is 37.5 Å². The van der Waals surface area contributed by atoms with Crippen LogP contribution in [-0.4, -0.2) is 80.7 Å². The molecule has 0 aromatic heterocycles. The number of rotatable bonds is 43. The van der Waals surface area contributed by atoms with E-state index in [4.69, 9.17) is 18.5 Å². The number of hydrogen-bond donors (Lipinski definition) is 1. The molecule has 0 saturated heterocycles. The van der Waals surface area contributed by atoms with Crippen molar-refractivity contribution in [3.8, 4) is 0 Å². The van der Waals surface area contributed by atoms with Gasteiger partial charge in [-0.1, -0.05) is 158 Å². The smallest absolute Gasteiger partial charge is 0.462 e. The van der Waals surface area contributed by atoms with Crippen LogP contribution in [0.3, 0.4) is 0 Å². The van der Waals surface area contributed by atoms with Crippen LogP contribution in [0.4, 0.5) is 0 Å². The Bertz CT molecular complexity index is 1280. The quantitative estimate of drug-likeness (QED) is 0.0121. The highest BCUT2D eigenvalue weighted by molar-refractivity contribution is 7.47. The summed E-state index contributed by atoms with van der Waals surface area (Å²) in [6.07, 6.45) is 47.0. The summed E-state index contributed by atoms with van der Waals surface area (Å²) in [7, 11) is 1.35. The molecule has 0 aliphatic heterocycles. The molecule has 0 aromatic rings. The number of carbonyl (C=O) groups excluding carboxylic acids is 3. The lowest BCUT2D eigenvalue weighted by molar-refractivity contribution is -0.870. The zero-order chi connectivity index (χ0) is 45.1. The van der Waals surface area contributed by atoms with Gasteiger partial charge < -0.3 is 18.9 Å². The van der Waals surface area contributed by atoms with Crippen molar-refractivity contribution in [1.29, 1.82) is 0 Å². The van der Waals surface area contributed by atoms with E-state index >= 15 is 0 Å². The normalized spacial score (nSPS) is 13.9. The minimum Gasteiger partial charge on any atom is -0.462 e. The number of unbranched alkanes of at least 4 members (excludes halogenated alkanes) is 18. The predicted molar refractivity (Wildman–Crippen MR) is 252 cm³/mol. The molecule has 61 heavy (non-hydrogen) atoms. The van der Waals surface area contributed by atoms with Gasteiger partial charge in [-0.3, -0.25) is 23.4 Å². The molecule has 0 radical (unpaired) electrons. The van der Waals surface area contributed by atoms with Crippen molar-refractivity contribution < 1.29 is 46.8 Å². The first kappa shape index (κ1) is 58.4. The second kappa shape index (κ2) is 41.4. The molecule has 0 amide bonds. The fraction of sp³-hybridized carbons (Fsp3) is 0.740. The van der Waals surface area contributed by atoms with Gasteiger partial charge in [-0.15, -0.1) is 0 Å². The van der Waals surface area contributed by atoms with E-state index in [2.05, 4.69) is 50.3 Å². The lowest BCUT2D eigenvalue weighted by atomic mass is 10.1. The lowest BCUT2D eigenvalue weighted by Crippen LogP contribution is -2.37. The molecule has 11 heteroatoms. The summed E-state index contributed by atoms with van der Waals surface area (Å²) in [4.78, 5) is 47.7. The van der Waals surface area contributed by atoms with E-state index in [1.54, 1.807) is 6.08 Å². The van der Waals surface area contributed by atoms with Crippen LogP contribution >= 0.6 is 7.82 Å². The van der Waals surface area contributed by atoms with Crippen molar-refractivity contribution in [3.05, 3.63) is 60.8 Å². The van der Waals surface area contributed by atoms with Gasteiger partial charge in [0, 0.05) is 19.3 Å². The Labute approximate surface area is 372 Å². The number of esters is 2. The fourth-order valence-electron chi connectivity index (χ4n) is 6.20. The molecule has 1 N–H and O–H groups in total. The number of allylic oxidation sites excluding steroid dienone is 10. The second-order valence-corrected chi connectivity index (χ2v) is 18.6. The van der Waals surface area contributed by atoms with Gasteiger partial charge in [-0.25, -0.2) is 4.57 Å². The fourth-order valence-corrected chi connectivity index (χ4v) is 6.94. The topological polar surface area (TPSA) is 125 Å². The van der Waals surface area contributed by atoms with Crippen molar-refractivity contribution in [2.75, 3.05) is 47.5 Å². The highest BCUT2D eigenvalue weighted by Crippen LogP contribution is 2.43. The summed E-state index contributed by atoms with van der Waals surface area (Å²) >= 11 is 0. The largest absolute Gasteiger partial charge is 0.472 e. The molecule has 0 aromatic carbocycles. The minimum atomic E-state index is -4.44. The molecule has 2 atom stereocenters. The first-order chi connectivity index (χ1) is 29.4. The van der Waals surface area contributed by atoms with E-state index < -0.39 is 32.5 Å². The molecule has 1 unspecified atom stereocenters. The molecule has 10 nitrogen and oxygen atoms in total. The maximum Gasteiger partial charge on any atom is 0.472 e. The van der Waals surface area contributed by atoms with Crippen LogP contribution in [0.1, 0.15) is 187 Å². The summed E-state index contributed by atoms with van der Waals surface area (Å²) < 4.78 is 34.1. The van der Waals surface area contributed by atoms with Crippen LogP contribution in [0, 0.1) is 0 Å². The first-order valence-corrected chi connectivity index (χ1v) is 25.5. The summed E-state index contributed by atoms with van der Waals surface area (Å²) in [6.45, 7) is 4.11. The number of phosphoric ester groups is 1. The van der Waals surface area contributed by atoms with Crippen molar-refractivity contribution in [3.63, 3.8) is 0 Å². The highest BCUT2D eigenvalue weighted by atomic mass is 31.2. The summed E-state index contributed by atoms with van der Waals surface area (Å²) in [6, 6.07) is 0. The molecular weight excluding hydrogens is 790 g/mol. The zero-order valence-electron chi connectivity index (χ0n) is 39.4. The standard InChI is InChI=1S/C50H88NO9P/c1-6-8-10-12-14-16-18-20-21-22-23-24-25-27-29-31-33-35-37-41-50(54)60-48(46-59-61(55,56)58-44-43-51(3,4)5)45-57-49(53)42-38-40-47(52)39-36-34-32-30-28-26-19-17-15-13-11-9-7-2/h15,17,20-21,26,28,32,34,36,39,48H,6-14,16,18-19,22-25,27,29-31,33,35,37-38,40-46H2,1-5H3/p+1/b17-15-,21-20-,28-26-,34-32-,39-36+/t48-/m1/s1. The number of hydrogen-bond acceptors (Lipinski definition) is 8. The third kappa shape index (κ3) is 45.2. The second-order valence-electron chi connectivity index (χ2n) is 17.2. The Morgan fingerprint density at radius 2 is 1.05 bits per heavy atom. The van der Waals surface area contributed by atoms with Crippen LogP contribution in [0.5, 0.6) is 0 Å². The van der Waals surface area contributed by atoms with Gasteiger partial charge in [-0.2, -0.15) is 0 Å². The van der Waals surface area contributed by atoms with Gasteiger partial charge in [0.25, 0.3) is 0 Å². The Morgan fingerprint density at radius 1 is 0.557 bits per heavy atom. The van der Waals surface area contributed by atoms with Gasteiger partial charge in [0.05, 0.1) is 27.7 Å². The predicted octanol–water partition coefficient (Wildman–Crippen LogP) is 13.2. The van der Waals surface area contributed by atoms with E-state index in [9.17, 15) is 23.8 Å². The van der Waals surface area contributed by atoms with Crippen LogP contribution < -0.4 is 0 Å². The Hall–Kier alpha value is -2.62. The zero-order valence-corrected chi connectivity index (χ0v) is 40.3. The molecule has 0 fully saturated rings. The Kier molecular flexibility index (Phi) is 39.6. The van der Waals surface area contributed by atoms with Crippen molar-refractivity contribution in [1.82, 2.24) is 0 Å². The van der Waals surface area contributed by atoms with E-state index in [1.165, 1.54) is 109 Å². The molecule has 0 rings (SSSR count). The highest BCUT2D eigenvalue weighted by Gasteiger charge is 2.27. The monoisotopic (exact) mass is 879 g/mol. The van der Waals surface area contributed by atoms with Gasteiger partial charge in [0.15, 0.2) is 11.9 Å². The van der Waals surface area contributed by atoms with E-state index in [0.717, 1.165) is 38.5 Å². The summed E-state index contributed by atoms with van der Waals surface area (Å²) in [5.41, 5.74) is 0. The molecular formula is C50H89NO9P+. The molecule has 0 bridgehead atoms. The summed E-state index contributed by atoms with van der Waals surface area (Å²) in [5.74, 6) is -1.16. The molecule has 352 valence electrons. The van der Waals surface area contributed by atoms with Crippen molar-refractivity contribution in [2.45, 2.75) is 193 Å². The number of ketones is 1. The number of ether oxygens (including phenoxy) is 2. The van der Waals surface area contributed by atoms with Crippen LogP contribution in [0.15, 0.2) is 60.8 Å². The molecule has 0 heterocycles. The van der Waals surface area contributed by atoms with Gasteiger partial charge >= 0.3 is 19.8 Å². The minimum absolute atomic E-state index is 0.00184. The first-order valence-electron chi connectivity index (χ1n) is 24.0. The van der Waals surface area contributed by atoms with Crippen molar-refractivity contribution >= 4 is 25.5 Å². The van der Waals surface area contributed by atoms with Gasteiger partial charge in [0.1, 0.15) is 19.8 Å². The third-order valence-corrected chi connectivity index (χ3v) is 11.0. The van der Waals surface area contributed by atoms with Gasteiger partial charge in [-0.05, 0) is 70.3 Å². The average molecular weight is 879 g/mol. The third-order valence-electron chi connectivity index (χ3n) is 10.00.